The lowest BCUT2D eigenvalue weighted by Gasteiger charge is -2.16. The van der Waals surface area contributed by atoms with Gasteiger partial charge in [-0.25, -0.2) is 4.39 Å². The molecule has 1 aromatic carbocycles. The quantitative estimate of drug-likeness (QED) is 0.700. The van der Waals surface area contributed by atoms with Crippen molar-refractivity contribution >= 4 is 5.96 Å². The summed E-state index contributed by atoms with van der Waals surface area (Å²) in [7, 11) is 0. The third-order valence-electron chi connectivity index (χ3n) is 2.37. The van der Waals surface area contributed by atoms with Crippen molar-refractivity contribution in [2.45, 2.75) is 13.0 Å². The van der Waals surface area contributed by atoms with E-state index in [2.05, 4.69) is 15.6 Å². The van der Waals surface area contributed by atoms with Gasteiger partial charge in [0.05, 0.1) is 0 Å². The SMILES string of the molecule is Oc1ccc(CNC2=NCCCN2)cc1F. The summed E-state index contributed by atoms with van der Waals surface area (Å²) < 4.78 is 13.0. The lowest BCUT2D eigenvalue weighted by atomic mass is 10.2. The van der Waals surface area contributed by atoms with Crippen molar-refractivity contribution in [3.05, 3.63) is 29.6 Å². The maximum absolute atomic E-state index is 13.0. The van der Waals surface area contributed by atoms with Gasteiger partial charge in [-0.15, -0.1) is 0 Å². The predicted molar refractivity (Wildman–Crippen MR) is 59.8 cm³/mol. The number of benzene rings is 1. The molecule has 0 saturated heterocycles. The molecule has 0 radical (unpaired) electrons. The summed E-state index contributed by atoms with van der Waals surface area (Å²) in [6.07, 6.45) is 1.04. The summed E-state index contributed by atoms with van der Waals surface area (Å²) in [5, 5.41) is 15.2. The lowest BCUT2D eigenvalue weighted by Crippen LogP contribution is -2.40. The zero-order valence-electron chi connectivity index (χ0n) is 8.83. The van der Waals surface area contributed by atoms with Crippen molar-refractivity contribution in [3.8, 4) is 5.75 Å². The number of halogens is 1. The van der Waals surface area contributed by atoms with E-state index in [4.69, 9.17) is 5.11 Å². The fraction of sp³-hybridized carbons (Fsp3) is 0.364. The zero-order valence-corrected chi connectivity index (χ0v) is 8.83. The second-order valence-electron chi connectivity index (χ2n) is 3.65. The average molecular weight is 223 g/mol. The van der Waals surface area contributed by atoms with Crippen LogP contribution < -0.4 is 10.6 Å². The highest BCUT2D eigenvalue weighted by Gasteiger charge is 2.04. The van der Waals surface area contributed by atoms with E-state index in [-0.39, 0.29) is 5.75 Å². The van der Waals surface area contributed by atoms with Crippen LogP contribution in [0.3, 0.4) is 0 Å². The molecular formula is C11H14FN3O. The molecule has 0 amide bonds. The first-order chi connectivity index (χ1) is 7.75. The van der Waals surface area contributed by atoms with Crippen LogP contribution in [0, 0.1) is 5.82 Å². The highest BCUT2D eigenvalue weighted by Crippen LogP contribution is 2.15. The Morgan fingerprint density at radius 2 is 2.38 bits per heavy atom. The van der Waals surface area contributed by atoms with E-state index >= 15 is 0 Å². The van der Waals surface area contributed by atoms with Gasteiger partial charge in [-0.3, -0.25) is 4.99 Å². The van der Waals surface area contributed by atoms with E-state index in [9.17, 15) is 4.39 Å². The number of phenols is 1. The molecule has 5 heteroatoms. The number of nitrogens with one attached hydrogen (secondary N) is 2. The van der Waals surface area contributed by atoms with Gasteiger partial charge in [0.15, 0.2) is 17.5 Å². The van der Waals surface area contributed by atoms with Crippen LogP contribution >= 0.6 is 0 Å². The predicted octanol–water partition coefficient (Wildman–Crippen LogP) is 0.970. The van der Waals surface area contributed by atoms with Gasteiger partial charge in [0.25, 0.3) is 0 Å². The maximum atomic E-state index is 13.0. The van der Waals surface area contributed by atoms with Crippen LogP contribution in [0.1, 0.15) is 12.0 Å². The van der Waals surface area contributed by atoms with E-state index < -0.39 is 5.82 Å². The van der Waals surface area contributed by atoms with Gasteiger partial charge < -0.3 is 15.7 Å². The minimum atomic E-state index is -0.599. The highest BCUT2D eigenvalue weighted by molar-refractivity contribution is 5.80. The first kappa shape index (κ1) is 10.7. The first-order valence-electron chi connectivity index (χ1n) is 5.25. The van der Waals surface area contributed by atoms with Crippen LogP contribution in [-0.4, -0.2) is 24.2 Å². The van der Waals surface area contributed by atoms with Crippen LogP contribution in [0.4, 0.5) is 4.39 Å². The second kappa shape index (κ2) is 4.83. The Kier molecular flexibility index (Phi) is 3.24. The van der Waals surface area contributed by atoms with Gasteiger partial charge >= 0.3 is 0 Å². The minimum Gasteiger partial charge on any atom is -0.505 e. The van der Waals surface area contributed by atoms with Crippen molar-refractivity contribution < 1.29 is 9.50 Å². The molecule has 1 aromatic rings. The molecule has 0 unspecified atom stereocenters. The van der Waals surface area contributed by atoms with Crippen LogP contribution in [0.25, 0.3) is 0 Å². The Hall–Kier alpha value is -1.78. The van der Waals surface area contributed by atoms with E-state index in [0.717, 1.165) is 31.0 Å². The van der Waals surface area contributed by atoms with Gasteiger partial charge in [0.1, 0.15) is 0 Å². The topological polar surface area (TPSA) is 56.6 Å². The summed E-state index contributed by atoms with van der Waals surface area (Å²) in [5.41, 5.74) is 0.769. The Morgan fingerprint density at radius 1 is 1.50 bits per heavy atom. The first-order valence-corrected chi connectivity index (χ1v) is 5.25. The van der Waals surface area contributed by atoms with Crippen molar-refractivity contribution in [2.75, 3.05) is 13.1 Å². The molecule has 1 aliphatic rings. The smallest absolute Gasteiger partial charge is 0.191 e. The molecule has 0 aromatic heterocycles. The van der Waals surface area contributed by atoms with Crippen molar-refractivity contribution in [1.29, 1.82) is 0 Å². The number of nitrogens with zero attached hydrogens (tertiary/aromatic N) is 1. The number of aromatic hydroxyl groups is 1. The molecule has 0 bridgehead atoms. The Bertz CT molecular complexity index is 406. The highest BCUT2D eigenvalue weighted by atomic mass is 19.1. The molecule has 1 heterocycles. The van der Waals surface area contributed by atoms with Gasteiger partial charge in [-0.2, -0.15) is 0 Å². The van der Waals surface area contributed by atoms with Gasteiger partial charge in [-0.1, -0.05) is 6.07 Å². The molecule has 0 spiro atoms. The largest absolute Gasteiger partial charge is 0.505 e. The number of guanidine groups is 1. The number of hydrogen-bond acceptors (Lipinski definition) is 4. The molecule has 2 rings (SSSR count). The monoisotopic (exact) mass is 223 g/mol. The summed E-state index contributed by atoms with van der Waals surface area (Å²) in [4.78, 5) is 4.24. The third-order valence-corrected chi connectivity index (χ3v) is 2.37. The van der Waals surface area contributed by atoms with Crippen LogP contribution in [0.5, 0.6) is 5.75 Å². The van der Waals surface area contributed by atoms with E-state index in [1.165, 1.54) is 12.1 Å². The standard InChI is InChI=1S/C11H14FN3O/c12-9-6-8(2-3-10(9)16)7-15-11-13-4-1-5-14-11/h2-3,6,16H,1,4-5,7H2,(H2,13,14,15). The van der Waals surface area contributed by atoms with Gasteiger partial charge in [-0.05, 0) is 24.1 Å². The Balaban J connectivity index is 1.94. The molecule has 0 saturated carbocycles. The lowest BCUT2D eigenvalue weighted by molar-refractivity contribution is 0.431. The number of phenolic OH excluding ortho intramolecular Hbond substituents is 1. The average Bonchev–Trinajstić information content (AvgIpc) is 2.32. The summed E-state index contributed by atoms with van der Waals surface area (Å²) in [5.74, 6) is -0.172. The number of rotatable bonds is 2. The van der Waals surface area contributed by atoms with E-state index in [1.54, 1.807) is 6.07 Å². The third kappa shape index (κ3) is 2.62. The fourth-order valence-electron chi connectivity index (χ4n) is 1.50. The van der Waals surface area contributed by atoms with Gasteiger partial charge in [0, 0.05) is 19.6 Å². The molecule has 0 fully saturated rings. The van der Waals surface area contributed by atoms with Gasteiger partial charge in [0.2, 0.25) is 0 Å². The van der Waals surface area contributed by atoms with Crippen molar-refractivity contribution in [2.24, 2.45) is 4.99 Å². The Morgan fingerprint density at radius 3 is 3.06 bits per heavy atom. The molecule has 3 N–H and O–H groups in total. The van der Waals surface area contributed by atoms with Crippen LogP contribution in [0.2, 0.25) is 0 Å². The van der Waals surface area contributed by atoms with E-state index in [0.29, 0.717) is 6.54 Å². The zero-order chi connectivity index (χ0) is 11.4. The van der Waals surface area contributed by atoms with Crippen LogP contribution in [-0.2, 0) is 6.54 Å². The molecule has 0 aliphatic carbocycles. The molecule has 1 aliphatic heterocycles. The van der Waals surface area contributed by atoms with E-state index in [1.807, 2.05) is 0 Å². The second-order valence-corrected chi connectivity index (χ2v) is 3.65. The maximum Gasteiger partial charge on any atom is 0.191 e. The van der Waals surface area contributed by atoms with Crippen molar-refractivity contribution in [3.63, 3.8) is 0 Å². The van der Waals surface area contributed by atoms with Crippen molar-refractivity contribution in [1.82, 2.24) is 10.6 Å². The summed E-state index contributed by atoms with van der Waals surface area (Å²) in [6, 6.07) is 4.34. The fourth-order valence-corrected chi connectivity index (χ4v) is 1.50. The number of aliphatic imine (C=N–C) groups is 1. The summed E-state index contributed by atoms with van der Waals surface area (Å²) in [6.45, 7) is 2.22. The molecule has 0 atom stereocenters. The number of hydrogen-bond donors (Lipinski definition) is 3. The molecule has 16 heavy (non-hydrogen) atoms. The summed E-state index contributed by atoms with van der Waals surface area (Å²) >= 11 is 0. The molecule has 4 nitrogen and oxygen atoms in total. The van der Waals surface area contributed by atoms with Crippen LogP contribution in [0.15, 0.2) is 23.2 Å². The normalized spacial score (nSPS) is 15.2. The molecule has 86 valence electrons. The molecular weight excluding hydrogens is 209 g/mol. The minimum absolute atomic E-state index is 0.322. The Labute approximate surface area is 93.2 Å².